The molecule has 1 aromatic rings. The van der Waals surface area contributed by atoms with E-state index in [-0.39, 0.29) is 30.2 Å². The summed E-state index contributed by atoms with van der Waals surface area (Å²) in [5, 5.41) is 21.3. The summed E-state index contributed by atoms with van der Waals surface area (Å²) >= 11 is 0. The Morgan fingerprint density at radius 1 is 1.36 bits per heavy atom. The number of nitro benzene ring substituents is 1. The van der Waals surface area contributed by atoms with Crippen molar-refractivity contribution in [2.45, 2.75) is 19.2 Å². The predicted octanol–water partition coefficient (Wildman–Crippen LogP) is 1.96. The van der Waals surface area contributed by atoms with Crippen LogP contribution in [-0.2, 0) is 23.7 Å². The van der Waals surface area contributed by atoms with Crippen LogP contribution >= 0.6 is 7.60 Å². The van der Waals surface area contributed by atoms with Gasteiger partial charge in [0.2, 0.25) is 0 Å². The van der Waals surface area contributed by atoms with Crippen LogP contribution in [0, 0.1) is 10.1 Å². The Morgan fingerprint density at radius 3 is 2.45 bits per heavy atom. The number of fused-ring (bicyclic) bond motifs is 1. The van der Waals surface area contributed by atoms with E-state index in [4.69, 9.17) is 9.05 Å². The normalized spacial score (nSPS) is 20.6. The molecule has 2 rings (SSSR count). The minimum absolute atomic E-state index is 0.0723. The lowest BCUT2D eigenvalue weighted by molar-refractivity contribution is -0.384. The van der Waals surface area contributed by atoms with E-state index < -0.39 is 23.8 Å². The van der Waals surface area contributed by atoms with Crippen molar-refractivity contribution in [3.63, 3.8) is 0 Å². The molecule has 0 saturated carbocycles. The molecule has 0 aliphatic carbocycles. The SMILES string of the molecule is CCOP(=O)(OCC)[C@@]1(O)C(=O)Nc2ccc([N+](=O)[O-])cc21. The Morgan fingerprint density at radius 2 is 1.95 bits per heavy atom. The molecular formula is C12H15N2O7P. The number of carbonyl (C=O) groups excluding carboxylic acids is 1. The van der Waals surface area contributed by atoms with Crippen LogP contribution in [-0.4, -0.2) is 29.2 Å². The summed E-state index contributed by atoms with van der Waals surface area (Å²) in [6.45, 7) is 2.90. The number of nitro groups is 1. The maximum atomic E-state index is 12.9. The van der Waals surface area contributed by atoms with E-state index in [0.717, 1.165) is 12.1 Å². The van der Waals surface area contributed by atoms with Gasteiger partial charge in [0, 0.05) is 23.4 Å². The lowest BCUT2D eigenvalue weighted by atomic mass is 10.1. The molecule has 0 unspecified atom stereocenters. The Labute approximate surface area is 125 Å². The number of amides is 1. The van der Waals surface area contributed by atoms with Crippen molar-refractivity contribution >= 4 is 24.9 Å². The highest BCUT2D eigenvalue weighted by Crippen LogP contribution is 2.66. The fourth-order valence-corrected chi connectivity index (χ4v) is 4.12. The molecule has 0 fully saturated rings. The van der Waals surface area contributed by atoms with Gasteiger partial charge < -0.3 is 19.5 Å². The Kier molecular flexibility index (Phi) is 4.35. The third-order valence-corrected chi connectivity index (χ3v) is 5.58. The van der Waals surface area contributed by atoms with Gasteiger partial charge in [-0.2, -0.15) is 0 Å². The zero-order valence-electron chi connectivity index (χ0n) is 11.9. The van der Waals surface area contributed by atoms with Crippen molar-refractivity contribution in [2.75, 3.05) is 18.5 Å². The van der Waals surface area contributed by atoms with Crippen molar-refractivity contribution in [1.82, 2.24) is 0 Å². The molecule has 2 N–H and O–H groups in total. The molecule has 1 aliphatic heterocycles. The van der Waals surface area contributed by atoms with E-state index in [1.165, 1.54) is 19.9 Å². The average Bonchev–Trinajstić information content (AvgIpc) is 2.72. The topological polar surface area (TPSA) is 128 Å². The maximum absolute atomic E-state index is 12.9. The largest absolute Gasteiger partial charge is 0.376 e. The van der Waals surface area contributed by atoms with Gasteiger partial charge in [-0.1, -0.05) is 0 Å². The van der Waals surface area contributed by atoms with Crippen molar-refractivity contribution in [3.05, 3.63) is 33.9 Å². The fraction of sp³-hybridized carbons (Fsp3) is 0.417. The number of hydrogen-bond donors (Lipinski definition) is 2. The number of non-ortho nitro benzene ring substituents is 1. The second-order valence-corrected chi connectivity index (χ2v) is 6.60. The molecule has 1 amide bonds. The number of hydrogen-bond acceptors (Lipinski definition) is 7. The molecule has 1 heterocycles. The summed E-state index contributed by atoms with van der Waals surface area (Å²) in [5.41, 5.74) is -0.428. The van der Waals surface area contributed by atoms with Crippen molar-refractivity contribution in [2.24, 2.45) is 0 Å². The number of rotatable bonds is 6. The van der Waals surface area contributed by atoms with Crippen LogP contribution in [0.5, 0.6) is 0 Å². The minimum Gasteiger partial charge on any atom is -0.366 e. The smallest absolute Gasteiger partial charge is 0.366 e. The third-order valence-electron chi connectivity index (χ3n) is 3.15. The van der Waals surface area contributed by atoms with Crippen LogP contribution in [0.4, 0.5) is 11.4 Å². The molecule has 0 aromatic heterocycles. The van der Waals surface area contributed by atoms with Gasteiger partial charge in [-0.15, -0.1) is 0 Å². The maximum Gasteiger partial charge on any atom is 0.376 e. The average molecular weight is 330 g/mol. The van der Waals surface area contributed by atoms with Crippen molar-refractivity contribution < 1.29 is 28.4 Å². The predicted molar refractivity (Wildman–Crippen MR) is 76.5 cm³/mol. The van der Waals surface area contributed by atoms with E-state index in [2.05, 4.69) is 5.32 Å². The Balaban J connectivity index is 2.65. The van der Waals surface area contributed by atoms with Gasteiger partial charge in [0.05, 0.1) is 18.1 Å². The number of benzene rings is 1. The summed E-state index contributed by atoms with van der Waals surface area (Å²) < 4.78 is 22.9. The molecule has 22 heavy (non-hydrogen) atoms. The molecule has 1 aromatic carbocycles. The summed E-state index contributed by atoms with van der Waals surface area (Å²) in [7, 11) is -4.30. The summed E-state index contributed by atoms with van der Waals surface area (Å²) in [6, 6.07) is 3.40. The molecule has 120 valence electrons. The first-order valence-corrected chi connectivity index (χ1v) is 8.06. The molecule has 10 heteroatoms. The van der Waals surface area contributed by atoms with Crippen LogP contribution < -0.4 is 5.32 Å². The molecule has 0 radical (unpaired) electrons. The van der Waals surface area contributed by atoms with Gasteiger partial charge in [-0.05, 0) is 19.9 Å². The zero-order valence-corrected chi connectivity index (χ0v) is 12.8. The Hall–Kier alpha value is -1.80. The first-order valence-electron chi connectivity index (χ1n) is 6.52. The zero-order chi connectivity index (χ0) is 16.5. The summed E-state index contributed by atoms with van der Waals surface area (Å²) in [5.74, 6) is -1.01. The van der Waals surface area contributed by atoms with E-state index >= 15 is 0 Å². The highest BCUT2D eigenvalue weighted by Gasteiger charge is 2.62. The molecule has 9 nitrogen and oxygen atoms in total. The lowest BCUT2D eigenvalue weighted by Gasteiger charge is -2.29. The number of nitrogens with zero attached hydrogens (tertiary/aromatic N) is 1. The highest BCUT2D eigenvalue weighted by molar-refractivity contribution is 7.56. The second-order valence-electron chi connectivity index (χ2n) is 4.45. The van der Waals surface area contributed by atoms with E-state index in [9.17, 15) is 24.6 Å². The molecule has 0 spiro atoms. The quantitative estimate of drug-likeness (QED) is 0.463. The van der Waals surface area contributed by atoms with E-state index in [0.29, 0.717) is 0 Å². The minimum atomic E-state index is -4.30. The lowest BCUT2D eigenvalue weighted by Crippen LogP contribution is -2.35. The van der Waals surface area contributed by atoms with Gasteiger partial charge >= 0.3 is 7.60 Å². The summed E-state index contributed by atoms with van der Waals surface area (Å²) in [6.07, 6.45) is 0. The van der Waals surface area contributed by atoms with E-state index in [1.54, 1.807) is 0 Å². The monoisotopic (exact) mass is 330 g/mol. The van der Waals surface area contributed by atoms with Gasteiger partial charge in [0.15, 0.2) is 0 Å². The fourth-order valence-electron chi connectivity index (χ4n) is 2.21. The molecule has 1 atom stereocenters. The van der Waals surface area contributed by atoms with Gasteiger partial charge in [-0.25, -0.2) is 0 Å². The van der Waals surface area contributed by atoms with Crippen LogP contribution in [0.1, 0.15) is 19.4 Å². The standard InChI is InChI=1S/C12H15N2O7P/c1-3-20-22(19,21-4-2)12(16)9-7-8(14(17)18)5-6-10(9)13-11(12)15/h5-7,16H,3-4H2,1-2H3,(H,13,15)/t12-/m1/s1. The number of carbonyl (C=O) groups is 1. The van der Waals surface area contributed by atoms with Gasteiger partial charge in [-0.3, -0.25) is 19.5 Å². The van der Waals surface area contributed by atoms with Crippen molar-refractivity contribution in [1.29, 1.82) is 0 Å². The molecule has 1 aliphatic rings. The Bertz CT molecular complexity index is 667. The first kappa shape index (κ1) is 16.6. The van der Waals surface area contributed by atoms with Crippen LogP contribution in [0.2, 0.25) is 0 Å². The number of nitrogens with one attached hydrogen (secondary N) is 1. The van der Waals surface area contributed by atoms with Crippen LogP contribution in [0.25, 0.3) is 0 Å². The van der Waals surface area contributed by atoms with E-state index in [1.807, 2.05) is 0 Å². The van der Waals surface area contributed by atoms with Crippen LogP contribution in [0.15, 0.2) is 18.2 Å². The number of anilines is 1. The van der Waals surface area contributed by atoms with Crippen molar-refractivity contribution in [3.8, 4) is 0 Å². The van der Waals surface area contributed by atoms with Crippen LogP contribution in [0.3, 0.4) is 0 Å². The third kappa shape index (κ3) is 2.32. The molecular weight excluding hydrogens is 315 g/mol. The van der Waals surface area contributed by atoms with Gasteiger partial charge in [0.25, 0.3) is 16.9 Å². The molecule has 0 bridgehead atoms. The molecule has 0 saturated heterocycles. The highest BCUT2D eigenvalue weighted by atomic mass is 31.2. The van der Waals surface area contributed by atoms with Gasteiger partial charge in [0.1, 0.15) is 0 Å². The summed E-state index contributed by atoms with van der Waals surface area (Å²) in [4.78, 5) is 22.4. The number of aliphatic hydroxyl groups is 1. The second kappa shape index (κ2) is 5.77. The first-order chi connectivity index (χ1) is 10.3.